The molecule has 3 amide bonds. The number of aliphatic hydroxyl groups excluding tert-OH is 1. The van der Waals surface area contributed by atoms with Crippen LogP contribution in [0.15, 0.2) is 42.5 Å². The molecule has 8 heteroatoms. The number of halogens is 2. The second-order valence-electron chi connectivity index (χ2n) is 7.04. The highest BCUT2D eigenvalue weighted by atomic mass is 35.5. The molecule has 2 aliphatic heterocycles. The van der Waals surface area contributed by atoms with Crippen molar-refractivity contribution in [3.05, 3.63) is 63.6 Å². The average molecular weight is 416 g/mol. The summed E-state index contributed by atoms with van der Waals surface area (Å²) in [5.74, 6) is -0.420. The van der Waals surface area contributed by atoms with Gasteiger partial charge < -0.3 is 10.0 Å². The Labute approximate surface area is 171 Å². The molecule has 0 saturated carbocycles. The molecule has 0 bridgehead atoms. The molecule has 2 saturated heterocycles. The lowest BCUT2D eigenvalue weighted by Crippen LogP contribution is -2.47. The number of amides is 3. The summed E-state index contributed by atoms with van der Waals surface area (Å²) in [7, 11) is 0. The molecular formula is C20H15Cl2N3O3. The van der Waals surface area contributed by atoms with Gasteiger partial charge in [0.15, 0.2) is 0 Å². The van der Waals surface area contributed by atoms with Gasteiger partial charge in [0.05, 0.1) is 23.4 Å². The van der Waals surface area contributed by atoms with Gasteiger partial charge in [-0.1, -0.05) is 35.3 Å². The molecule has 4 rings (SSSR count). The van der Waals surface area contributed by atoms with Crippen LogP contribution in [0.25, 0.3) is 0 Å². The maximum absolute atomic E-state index is 13.4. The number of fused-ring (bicyclic) bond motifs is 1. The Balaban J connectivity index is 1.74. The number of carbonyl (C=O) groups is 2. The zero-order chi connectivity index (χ0) is 20.1. The van der Waals surface area contributed by atoms with Gasteiger partial charge in [0, 0.05) is 29.4 Å². The van der Waals surface area contributed by atoms with E-state index in [1.165, 1.54) is 23.1 Å². The number of anilines is 1. The van der Waals surface area contributed by atoms with E-state index >= 15 is 0 Å². The molecule has 0 spiro atoms. The van der Waals surface area contributed by atoms with Crippen molar-refractivity contribution in [3.8, 4) is 6.07 Å². The van der Waals surface area contributed by atoms with Gasteiger partial charge >= 0.3 is 6.03 Å². The van der Waals surface area contributed by atoms with Gasteiger partial charge in [-0.05, 0) is 35.9 Å². The summed E-state index contributed by atoms with van der Waals surface area (Å²) in [6, 6.07) is 12.9. The van der Waals surface area contributed by atoms with Gasteiger partial charge in [0.1, 0.15) is 5.54 Å². The lowest BCUT2D eigenvalue weighted by molar-refractivity contribution is -0.124. The number of nitrogens with zero attached hydrogens (tertiary/aromatic N) is 3. The van der Waals surface area contributed by atoms with E-state index in [0.717, 1.165) is 10.5 Å². The van der Waals surface area contributed by atoms with Crippen molar-refractivity contribution in [3.63, 3.8) is 0 Å². The number of hydrogen-bond donors (Lipinski definition) is 1. The van der Waals surface area contributed by atoms with Gasteiger partial charge in [-0.15, -0.1) is 0 Å². The van der Waals surface area contributed by atoms with Gasteiger partial charge in [-0.2, -0.15) is 5.26 Å². The standard InChI is InChI=1S/C20H15Cl2N3O3/c21-14-5-15(22)7-16(6-14)25-18(27)20(9-17(26)11-24(20)19(25)28)8-12-1-3-13(10-23)4-2-12/h1-7,17,26H,8-9,11H2. The molecule has 2 heterocycles. The van der Waals surface area contributed by atoms with E-state index in [1.54, 1.807) is 24.3 Å². The summed E-state index contributed by atoms with van der Waals surface area (Å²) in [5.41, 5.74) is 0.425. The van der Waals surface area contributed by atoms with Gasteiger partial charge in [-0.25, -0.2) is 9.69 Å². The second-order valence-corrected chi connectivity index (χ2v) is 7.91. The van der Waals surface area contributed by atoms with Crippen LogP contribution in [0.3, 0.4) is 0 Å². The molecule has 142 valence electrons. The van der Waals surface area contributed by atoms with Crippen LogP contribution in [-0.4, -0.2) is 40.1 Å². The zero-order valence-electron chi connectivity index (χ0n) is 14.6. The number of aliphatic hydroxyl groups is 1. The van der Waals surface area contributed by atoms with Crippen molar-refractivity contribution in [2.45, 2.75) is 24.5 Å². The highest BCUT2D eigenvalue weighted by Crippen LogP contribution is 2.43. The summed E-state index contributed by atoms with van der Waals surface area (Å²) >= 11 is 12.1. The number of nitriles is 1. The molecule has 1 N–H and O–H groups in total. The molecule has 2 aliphatic rings. The Bertz CT molecular complexity index is 998. The summed E-state index contributed by atoms with van der Waals surface area (Å²) in [5, 5.41) is 19.8. The molecule has 28 heavy (non-hydrogen) atoms. The van der Waals surface area contributed by atoms with E-state index in [0.29, 0.717) is 21.3 Å². The zero-order valence-corrected chi connectivity index (χ0v) is 16.1. The van der Waals surface area contributed by atoms with E-state index in [-0.39, 0.29) is 19.4 Å². The second kappa shape index (κ2) is 6.78. The van der Waals surface area contributed by atoms with Crippen molar-refractivity contribution in [1.29, 1.82) is 5.26 Å². The number of benzene rings is 2. The Morgan fingerprint density at radius 2 is 1.79 bits per heavy atom. The summed E-state index contributed by atoms with van der Waals surface area (Å²) < 4.78 is 0. The van der Waals surface area contributed by atoms with Crippen molar-refractivity contribution in [2.24, 2.45) is 0 Å². The van der Waals surface area contributed by atoms with E-state index in [2.05, 4.69) is 0 Å². The fourth-order valence-electron chi connectivity index (χ4n) is 4.00. The fraction of sp³-hybridized carbons (Fsp3) is 0.250. The normalized spacial score (nSPS) is 23.9. The van der Waals surface area contributed by atoms with Gasteiger partial charge in [-0.3, -0.25) is 4.79 Å². The lowest BCUT2D eigenvalue weighted by Gasteiger charge is -2.28. The van der Waals surface area contributed by atoms with Crippen LogP contribution in [0.4, 0.5) is 10.5 Å². The van der Waals surface area contributed by atoms with E-state index in [4.69, 9.17) is 28.5 Å². The topological polar surface area (TPSA) is 84.6 Å². The number of rotatable bonds is 3. The molecule has 0 radical (unpaired) electrons. The lowest BCUT2D eigenvalue weighted by atomic mass is 9.87. The molecule has 2 atom stereocenters. The third kappa shape index (κ3) is 2.92. The van der Waals surface area contributed by atoms with Crippen LogP contribution in [0.5, 0.6) is 0 Å². The van der Waals surface area contributed by atoms with Crippen molar-refractivity contribution in [2.75, 3.05) is 11.4 Å². The first-order valence-corrected chi connectivity index (χ1v) is 9.39. The highest BCUT2D eigenvalue weighted by molar-refractivity contribution is 6.35. The van der Waals surface area contributed by atoms with Crippen LogP contribution < -0.4 is 4.90 Å². The Morgan fingerprint density at radius 3 is 2.39 bits per heavy atom. The smallest absolute Gasteiger partial charge is 0.332 e. The third-order valence-electron chi connectivity index (χ3n) is 5.19. The first-order chi connectivity index (χ1) is 13.3. The molecule has 6 nitrogen and oxygen atoms in total. The number of carbonyl (C=O) groups excluding carboxylic acids is 2. The Kier molecular flexibility index (Phi) is 4.54. The fourth-order valence-corrected chi connectivity index (χ4v) is 4.52. The minimum atomic E-state index is -1.18. The molecular weight excluding hydrogens is 401 g/mol. The molecule has 0 aliphatic carbocycles. The third-order valence-corrected chi connectivity index (χ3v) is 5.63. The Morgan fingerprint density at radius 1 is 1.14 bits per heavy atom. The van der Waals surface area contributed by atoms with Gasteiger partial charge in [0.25, 0.3) is 5.91 Å². The van der Waals surface area contributed by atoms with E-state index in [1.807, 2.05) is 6.07 Å². The van der Waals surface area contributed by atoms with Gasteiger partial charge in [0.2, 0.25) is 0 Å². The predicted molar refractivity (Wildman–Crippen MR) is 104 cm³/mol. The molecule has 2 fully saturated rings. The number of hydrogen-bond acceptors (Lipinski definition) is 4. The largest absolute Gasteiger partial charge is 0.391 e. The predicted octanol–water partition coefficient (Wildman–Crippen LogP) is 3.38. The summed E-state index contributed by atoms with van der Waals surface area (Å²) in [4.78, 5) is 29.0. The number of imide groups is 1. The summed E-state index contributed by atoms with van der Waals surface area (Å²) in [6.45, 7) is 0.0750. The molecule has 0 aromatic heterocycles. The molecule has 2 aromatic rings. The molecule has 2 aromatic carbocycles. The average Bonchev–Trinajstić information content (AvgIpc) is 3.07. The SMILES string of the molecule is N#Cc1ccc(CC23CC(O)CN2C(=O)N(c2cc(Cl)cc(Cl)c2)C3=O)cc1. The van der Waals surface area contributed by atoms with Crippen LogP contribution in [-0.2, 0) is 11.2 Å². The number of β-amino-alcohol motifs (C(OH)–C–C–N with tert-alkyl or cyclic N) is 1. The first kappa shape index (κ1) is 18.8. The maximum Gasteiger partial charge on any atom is 0.332 e. The van der Waals surface area contributed by atoms with E-state index < -0.39 is 23.6 Å². The minimum Gasteiger partial charge on any atom is -0.391 e. The Hall–Kier alpha value is -2.59. The van der Waals surface area contributed by atoms with Crippen LogP contribution >= 0.6 is 23.2 Å². The quantitative estimate of drug-likeness (QED) is 0.778. The van der Waals surface area contributed by atoms with Crippen molar-refractivity contribution < 1.29 is 14.7 Å². The van der Waals surface area contributed by atoms with Crippen LogP contribution in [0.1, 0.15) is 17.5 Å². The van der Waals surface area contributed by atoms with Crippen LogP contribution in [0, 0.1) is 11.3 Å². The van der Waals surface area contributed by atoms with Crippen LogP contribution in [0.2, 0.25) is 10.0 Å². The first-order valence-electron chi connectivity index (χ1n) is 8.63. The number of urea groups is 1. The highest BCUT2D eigenvalue weighted by Gasteiger charge is 2.62. The van der Waals surface area contributed by atoms with Crippen molar-refractivity contribution in [1.82, 2.24) is 4.90 Å². The maximum atomic E-state index is 13.4. The molecule has 2 unspecified atom stereocenters. The van der Waals surface area contributed by atoms with Crippen molar-refractivity contribution >= 4 is 40.8 Å². The summed E-state index contributed by atoms with van der Waals surface area (Å²) in [6.07, 6.45) is -0.399. The minimum absolute atomic E-state index is 0.0750. The monoisotopic (exact) mass is 415 g/mol. The van der Waals surface area contributed by atoms with E-state index in [9.17, 15) is 14.7 Å².